The van der Waals surface area contributed by atoms with E-state index in [4.69, 9.17) is 9.84 Å². The van der Waals surface area contributed by atoms with Crippen LogP contribution >= 0.6 is 0 Å². The summed E-state index contributed by atoms with van der Waals surface area (Å²) in [5, 5.41) is 9.15. The summed E-state index contributed by atoms with van der Waals surface area (Å²) in [6.07, 6.45) is 0. The molecule has 4 nitrogen and oxygen atoms in total. The zero-order valence-electron chi connectivity index (χ0n) is 12.4. The van der Waals surface area contributed by atoms with Crippen molar-refractivity contribution in [1.29, 1.82) is 0 Å². The van der Waals surface area contributed by atoms with Crippen molar-refractivity contribution in [2.24, 2.45) is 0 Å². The van der Waals surface area contributed by atoms with E-state index in [1.165, 1.54) is 0 Å². The van der Waals surface area contributed by atoms with Crippen LogP contribution in [0.4, 0.5) is 0 Å². The first-order valence-corrected chi connectivity index (χ1v) is 6.87. The minimum absolute atomic E-state index is 0.0786. The summed E-state index contributed by atoms with van der Waals surface area (Å²) < 4.78 is 5.41. The van der Waals surface area contributed by atoms with Gasteiger partial charge in [0.1, 0.15) is 18.2 Å². The molecule has 0 saturated heterocycles. The van der Waals surface area contributed by atoms with E-state index in [0.717, 1.165) is 39.0 Å². The zero-order chi connectivity index (χ0) is 15.0. The maximum atomic E-state index is 9.15. The minimum Gasteiger partial charge on any atom is -0.496 e. The van der Waals surface area contributed by atoms with Gasteiger partial charge in [-0.15, -0.1) is 0 Å². The lowest BCUT2D eigenvalue weighted by Crippen LogP contribution is -1.92. The number of imidazole rings is 1. The number of nitrogens with one attached hydrogen (secondary N) is 1. The van der Waals surface area contributed by atoms with Crippen LogP contribution < -0.4 is 4.74 Å². The molecule has 3 rings (SSSR count). The summed E-state index contributed by atoms with van der Waals surface area (Å²) >= 11 is 0. The molecule has 2 aromatic carbocycles. The van der Waals surface area contributed by atoms with Crippen LogP contribution in [0.3, 0.4) is 0 Å². The number of hydrogen-bond acceptors (Lipinski definition) is 3. The highest BCUT2D eigenvalue weighted by molar-refractivity contribution is 5.82. The van der Waals surface area contributed by atoms with Crippen LogP contribution in [0.5, 0.6) is 5.75 Å². The van der Waals surface area contributed by atoms with Crippen LogP contribution in [0.25, 0.3) is 22.2 Å². The van der Waals surface area contributed by atoms with Gasteiger partial charge in [0.25, 0.3) is 0 Å². The van der Waals surface area contributed by atoms with Gasteiger partial charge in [0.2, 0.25) is 0 Å². The summed E-state index contributed by atoms with van der Waals surface area (Å²) in [5.74, 6) is 1.52. The van der Waals surface area contributed by atoms with Gasteiger partial charge in [-0.1, -0.05) is 6.07 Å². The summed E-state index contributed by atoms with van der Waals surface area (Å²) in [5.41, 5.74) is 6.30. The summed E-state index contributed by atoms with van der Waals surface area (Å²) in [4.78, 5) is 7.42. The Hall–Kier alpha value is -2.33. The Morgan fingerprint density at radius 2 is 1.81 bits per heavy atom. The van der Waals surface area contributed by atoms with E-state index in [1.807, 2.05) is 26.0 Å². The van der Waals surface area contributed by atoms with Gasteiger partial charge in [-0.2, -0.15) is 0 Å². The lowest BCUT2D eigenvalue weighted by atomic mass is 9.99. The van der Waals surface area contributed by atoms with Crippen molar-refractivity contribution in [1.82, 2.24) is 9.97 Å². The Morgan fingerprint density at radius 3 is 2.43 bits per heavy atom. The fourth-order valence-electron chi connectivity index (χ4n) is 2.76. The predicted octanol–water partition coefficient (Wildman–Crippen LogP) is 3.35. The fourth-order valence-corrected chi connectivity index (χ4v) is 2.76. The summed E-state index contributed by atoms with van der Waals surface area (Å²) in [6, 6.07) is 10.3. The second-order valence-electron chi connectivity index (χ2n) is 5.22. The van der Waals surface area contributed by atoms with E-state index in [-0.39, 0.29) is 6.61 Å². The Morgan fingerprint density at radius 1 is 1.10 bits per heavy atom. The first-order chi connectivity index (χ1) is 10.1. The zero-order valence-corrected chi connectivity index (χ0v) is 12.4. The molecule has 0 unspecified atom stereocenters. The van der Waals surface area contributed by atoms with Gasteiger partial charge >= 0.3 is 0 Å². The number of aryl methyl sites for hydroxylation is 2. The van der Waals surface area contributed by atoms with Crippen molar-refractivity contribution in [2.45, 2.75) is 20.5 Å². The van der Waals surface area contributed by atoms with Crippen LogP contribution in [0.1, 0.15) is 17.0 Å². The number of aromatic nitrogens is 2. The average Bonchev–Trinajstić information content (AvgIpc) is 2.89. The first kappa shape index (κ1) is 13.6. The molecule has 0 bridgehead atoms. The number of aliphatic hydroxyl groups excluding tert-OH is 1. The van der Waals surface area contributed by atoms with Crippen molar-refractivity contribution in [3.63, 3.8) is 0 Å². The second-order valence-corrected chi connectivity index (χ2v) is 5.22. The lowest BCUT2D eigenvalue weighted by Gasteiger charge is -2.11. The van der Waals surface area contributed by atoms with Crippen molar-refractivity contribution < 1.29 is 9.84 Å². The molecule has 2 N–H and O–H groups in total. The third kappa shape index (κ3) is 2.38. The standard InChI is InChI=1S/C17H18N2O2/c1-10-6-13(7-11(2)17(10)21-3)12-4-5-14-15(8-12)19-16(9-20)18-14/h4-8,20H,9H2,1-3H3,(H,18,19). The molecule has 0 amide bonds. The number of hydrogen-bond donors (Lipinski definition) is 2. The molecule has 0 aliphatic heterocycles. The number of ether oxygens (including phenoxy) is 1. The molecule has 0 spiro atoms. The molecule has 1 heterocycles. The number of methoxy groups -OCH3 is 1. The van der Waals surface area contributed by atoms with E-state index in [1.54, 1.807) is 7.11 Å². The Kier molecular flexibility index (Phi) is 3.39. The number of aliphatic hydroxyl groups is 1. The Bertz CT molecular complexity index is 783. The molecular weight excluding hydrogens is 264 g/mol. The average molecular weight is 282 g/mol. The number of aromatic amines is 1. The predicted molar refractivity (Wildman–Crippen MR) is 83.5 cm³/mol. The highest BCUT2D eigenvalue weighted by atomic mass is 16.5. The van der Waals surface area contributed by atoms with Crippen molar-refractivity contribution in [2.75, 3.05) is 7.11 Å². The Labute approximate surface area is 123 Å². The quantitative estimate of drug-likeness (QED) is 0.774. The smallest absolute Gasteiger partial charge is 0.133 e. The van der Waals surface area contributed by atoms with Crippen LogP contribution in [-0.4, -0.2) is 22.2 Å². The number of fused-ring (bicyclic) bond motifs is 1. The van der Waals surface area contributed by atoms with Gasteiger partial charge in [0.05, 0.1) is 18.1 Å². The molecule has 4 heteroatoms. The third-order valence-corrected chi connectivity index (χ3v) is 3.68. The minimum atomic E-state index is -0.0786. The third-order valence-electron chi connectivity index (χ3n) is 3.68. The van der Waals surface area contributed by atoms with Crippen molar-refractivity contribution in [3.05, 3.63) is 47.3 Å². The fraction of sp³-hybridized carbons (Fsp3) is 0.235. The topological polar surface area (TPSA) is 58.1 Å². The summed E-state index contributed by atoms with van der Waals surface area (Å²) in [6.45, 7) is 4.02. The highest BCUT2D eigenvalue weighted by Gasteiger charge is 2.08. The van der Waals surface area contributed by atoms with E-state index in [0.29, 0.717) is 5.82 Å². The monoisotopic (exact) mass is 282 g/mol. The number of benzene rings is 2. The van der Waals surface area contributed by atoms with Crippen LogP contribution in [-0.2, 0) is 6.61 Å². The molecule has 108 valence electrons. The van der Waals surface area contributed by atoms with E-state index >= 15 is 0 Å². The SMILES string of the molecule is COc1c(C)cc(-c2ccc3nc(CO)[nH]c3c2)cc1C. The molecule has 0 aliphatic carbocycles. The largest absolute Gasteiger partial charge is 0.496 e. The molecule has 3 aromatic rings. The van der Waals surface area contributed by atoms with E-state index in [2.05, 4.69) is 28.2 Å². The van der Waals surface area contributed by atoms with Gasteiger partial charge < -0.3 is 14.8 Å². The van der Waals surface area contributed by atoms with Crippen molar-refractivity contribution >= 4 is 11.0 Å². The highest BCUT2D eigenvalue weighted by Crippen LogP contribution is 2.31. The second kappa shape index (κ2) is 5.22. The van der Waals surface area contributed by atoms with Gasteiger partial charge in [-0.25, -0.2) is 4.98 Å². The maximum absolute atomic E-state index is 9.15. The van der Waals surface area contributed by atoms with Gasteiger partial charge in [0.15, 0.2) is 0 Å². The normalized spacial score (nSPS) is 11.0. The molecule has 1 aromatic heterocycles. The van der Waals surface area contributed by atoms with E-state index in [9.17, 15) is 0 Å². The summed E-state index contributed by atoms with van der Waals surface area (Å²) in [7, 11) is 1.70. The van der Waals surface area contributed by atoms with Gasteiger partial charge in [0, 0.05) is 0 Å². The van der Waals surface area contributed by atoms with Crippen LogP contribution in [0.2, 0.25) is 0 Å². The molecule has 0 saturated carbocycles. The number of rotatable bonds is 3. The van der Waals surface area contributed by atoms with Gasteiger partial charge in [-0.05, 0) is 60.4 Å². The molecule has 0 fully saturated rings. The lowest BCUT2D eigenvalue weighted by molar-refractivity contribution is 0.273. The number of nitrogens with zero attached hydrogens (tertiary/aromatic N) is 1. The van der Waals surface area contributed by atoms with Crippen molar-refractivity contribution in [3.8, 4) is 16.9 Å². The Balaban J connectivity index is 2.11. The van der Waals surface area contributed by atoms with Crippen LogP contribution in [0, 0.1) is 13.8 Å². The first-order valence-electron chi connectivity index (χ1n) is 6.87. The molecule has 0 atom stereocenters. The van der Waals surface area contributed by atoms with Crippen LogP contribution in [0.15, 0.2) is 30.3 Å². The van der Waals surface area contributed by atoms with E-state index < -0.39 is 0 Å². The number of H-pyrrole nitrogens is 1. The maximum Gasteiger partial charge on any atom is 0.133 e. The molecular formula is C17H18N2O2. The molecule has 0 aliphatic rings. The van der Waals surface area contributed by atoms with Gasteiger partial charge in [-0.3, -0.25) is 0 Å². The molecule has 0 radical (unpaired) electrons. The molecule has 21 heavy (non-hydrogen) atoms.